The van der Waals surface area contributed by atoms with E-state index in [-0.39, 0.29) is 29.1 Å². The number of amides is 1. The van der Waals surface area contributed by atoms with Crippen molar-refractivity contribution in [1.82, 2.24) is 35.2 Å². The van der Waals surface area contributed by atoms with Crippen LogP contribution in [0.5, 0.6) is 5.88 Å². The highest BCUT2D eigenvalue weighted by Crippen LogP contribution is 2.17. The standard InChI is InChI=1S/C27H37ClN8O4/c1-27(2,3)35(17-25(38)39)12-4-6-21-16-36(34-33-21)13-5-7-23(37)30-15-19-8-10-20(11-9-19)18-40-24-14-22(28)31-26(29)32-24/h8-11,14,16H,4-7,12-13,15,17-18H2,1-3H3,(H,30,37)(H,38,39)(H2,29,31,32). The Kier molecular flexibility index (Phi) is 11.2. The third-order valence-corrected chi connectivity index (χ3v) is 6.29. The highest BCUT2D eigenvalue weighted by atomic mass is 35.5. The van der Waals surface area contributed by atoms with Crippen molar-refractivity contribution < 1.29 is 19.4 Å². The van der Waals surface area contributed by atoms with Crippen molar-refractivity contribution in [3.8, 4) is 5.88 Å². The summed E-state index contributed by atoms with van der Waals surface area (Å²) < 4.78 is 7.35. The molecule has 12 nitrogen and oxygen atoms in total. The van der Waals surface area contributed by atoms with Crippen LogP contribution in [0.2, 0.25) is 5.15 Å². The number of anilines is 1. The maximum atomic E-state index is 12.3. The maximum absolute atomic E-state index is 12.3. The van der Waals surface area contributed by atoms with Gasteiger partial charge in [-0.15, -0.1) is 5.10 Å². The molecule has 0 atom stereocenters. The summed E-state index contributed by atoms with van der Waals surface area (Å²) in [6, 6.07) is 9.20. The molecular weight excluding hydrogens is 536 g/mol. The quantitative estimate of drug-likeness (QED) is 0.231. The minimum absolute atomic E-state index is 0.00970. The number of aryl methyl sites for hydroxylation is 2. The van der Waals surface area contributed by atoms with Gasteiger partial charge in [-0.1, -0.05) is 41.1 Å². The second kappa shape index (κ2) is 14.6. The fourth-order valence-corrected chi connectivity index (χ4v) is 4.10. The Morgan fingerprint density at radius 1 is 1.15 bits per heavy atom. The van der Waals surface area contributed by atoms with Gasteiger partial charge in [0.25, 0.3) is 0 Å². The normalized spacial score (nSPS) is 11.5. The molecule has 216 valence electrons. The van der Waals surface area contributed by atoms with Gasteiger partial charge >= 0.3 is 5.97 Å². The molecule has 13 heteroatoms. The van der Waals surface area contributed by atoms with E-state index in [1.165, 1.54) is 6.07 Å². The van der Waals surface area contributed by atoms with Crippen LogP contribution in [0.25, 0.3) is 0 Å². The number of carbonyl (C=O) groups is 2. The molecule has 0 fully saturated rings. The molecule has 4 N–H and O–H groups in total. The monoisotopic (exact) mass is 572 g/mol. The molecule has 0 aliphatic rings. The number of hydrogen-bond donors (Lipinski definition) is 3. The van der Waals surface area contributed by atoms with Crippen LogP contribution >= 0.6 is 11.6 Å². The lowest BCUT2D eigenvalue weighted by molar-refractivity contribution is -0.139. The van der Waals surface area contributed by atoms with Gasteiger partial charge in [-0.2, -0.15) is 4.98 Å². The third-order valence-electron chi connectivity index (χ3n) is 6.10. The van der Waals surface area contributed by atoms with Crippen LogP contribution in [-0.4, -0.2) is 65.5 Å². The van der Waals surface area contributed by atoms with Crippen molar-refractivity contribution in [2.75, 3.05) is 18.8 Å². The summed E-state index contributed by atoms with van der Waals surface area (Å²) in [5.74, 6) is -0.515. The molecule has 1 aromatic carbocycles. The molecule has 0 aliphatic carbocycles. The number of aliphatic carboxylic acids is 1. The fraction of sp³-hybridized carbons (Fsp3) is 0.481. The molecule has 0 bridgehead atoms. The fourth-order valence-electron chi connectivity index (χ4n) is 3.92. The molecule has 0 saturated heterocycles. The lowest BCUT2D eigenvalue weighted by Crippen LogP contribution is -2.45. The number of carboxylic acids is 1. The van der Waals surface area contributed by atoms with Gasteiger partial charge in [-0.3, -0.25) is 19.2 Å². The molecule has 3 rings (SSSR count). The van der Waals surface area contributed by atoms with E-state index in [0.29, 0.717) is 51.4 Å². The van der Waals surface area contributed by atoms with Gasteiger partial charge in [0, 0.05) is 37.3 Å². The number of nitrogen functional groups attached to an aromatic ring is 1. The van der Waals surface area contributed by atoms with Crippen LogP contribution in [0.1, 0.15) is 56.9 Å². The number of nitrogens with zero attached hydrogens (tertiary/aromatic N) is 6. The Balaban J connectivity index is 1.32. The number of ether oxygens (including phenoxy) is 1. The van der Waals surface area contributed by atoms with Gasteiger partial charge in [-0.25, -0.2) is 4.98 Å². The van der Waals surface area contributed by atoms with E-state index >= 15 is 0 Å². The number of carbonyl (C=O) groups excluding carboxylic acids is 1. The summed E-state index contributed by atoms with van der Waals surface area (Å²) in [6.45, 7) is 8.00. The zero-order valence-corrected chi connectivity index (χ0v) is 23.9. The van der Waals surface area contributed by atoms with E-state index in [1.807, 2.05) is 56.1 Å². The van der Waals surface area contributed by atoms with E-state index in [2.05, 4.69) is 25.6 Å². The highest BCUT2D eigenvalue weighted by Gasteiger charge is 2.23. The van der Waals surface area contributed by atoms with E-state index in [1.54, 1.807) is 4.68 Å². The first kappa shape index (κ1) is 30.8. The first-order chi connectivity index (χ1) is 19.0. The lowest BCUT2D eigenvalue weighted by atomic mass is 10.1. The molecule has 0 unspecified atom stereocenters. The van der Waals surface area contributed by atoms with Crippen molar-refractivity contribution in [3.05, 3.63) is 58.5 Å². The summed E-state index contributed by atoms with van der Waals surface area (Å²) in [6.07, 6.45) is 4.39. The molecule has 0 spiro atoms. The number of nitrogens with two attached hydrogens (primary N) is 1. The molecule has 40 heavy (non-hydrogen) atoms. The van der Waals surface area contributed by atoms with Gasteiger partial charge in [0.05, 0.1) is 12.2 Å². The van der Waals surface area contributed by atoms with Gasteiger partial charge in [0.15, 0.2) is 0 Å². The van der Waals surface area contributed by atoms with E-state index in [9.17, 15) is 9.59 Å². The molecule has 3 aromatic rings. The van der Waals surface area contributed by atoms with Crippen LogP contribution < -0.4 is 15.8 Å². The predicted octanol–water partition coefficient (Wildman–Crippen LogP) is 3.10. The predicted molar refractivity (Wildman–Crippen MR) is 151 cm³/mol. The zero-order chi connectivity index (χ0) is 29.1. The van der Waals surface area contributed by atoms with E-state index in [4.69, 9.17) is 27.2 Å². The van der Waals surface area contributed by atoms with Crippen molar-refractivity contribution in [2.45, 2.75) is 71.7 Å². The average Bonchev–Trinajstić information content (AvgIpc) is 3.32. The second-order valence-electron chi connectivity index (χ2n) is 10.4. The van der Waals surface area contributed by atoms with Gasteiger partial charge < -0.3 is 20.9 Å². The van der Waals surface area contributed by atoms with Crippen LogP contribution in [0.15, 0.2) is 36.5 Å². The van der Waals surface area contributed by atoms with Gasteiger partial charge in [-0.05, 0) is 57.7 Å². The van der Waals surface area contributed by atoms with Crippen LogP contribution in [-0.2, 0) is 35.7 Å². The van der Waals surface area contributed by atoms with Gasteiger partial charge in [0.1, 0.15) is 11.8 Å². The van der Waals surface area contributed by atoms with Gasteiger partial charge in [0.2, 0.25) is 17.7 Å². The molecule has 2 aromatic heterocycles. The smallest absolute Gasteiger partial charge is 0.317 e. The summed E-state index contributed by atoms with van der Waals surface area (Å²) in [5.41, 5.74) is 8.11. The van der Waals surface area contributed by atoms with E-state index in [0.717, 1.165) is 23.2 Å². The summed E-state index contributed by atoms with van der Waals surface area (Å²) in [7, 11) is 0. The molecule has 0 saturated carbocycles. The Hall–Kier alpha value is -3.77. The lowest BCUT2D eigenvalue weighted by Gasteiger charge is -2.34. The molecule has 2 heterocycles. The Morgan fingerprint density at radius 2 is 1.88 bits per heavy atom. The number of hydrogen-bond acceptors (Lipinski definition) is 9. The van der Waals surface area contributed by atoms with Crippen molar-refractivity contribution in [3.63, 3.8) is 0 Å². The number of aromatic nitrogens is 5. The first-order valence-corrected chi connectivity index (χ1v) is 13.5. The number of nitrogens with one attached hydrogen (secondary N) is 1. The minimum Gasteiger partial charge on any atom is -0.480 e. The Morgan fingerprint density at radius 3 is 2.55 bits per heavy atom. The minimum atomic E-state index is -0.832. The molecule has 0 aliphatic heterocycles. The Labute approximate surface area is 238 Å². The van der Waals surface area contributed by atoms with Crippen molar-refractivity contribution in [2.24, 2.45) is 0 Å². The second-order valence-corrected chi connectivity index (χ2v) is 10.8. The molecule has 0 radical (unpaired) electrons. The first-order valence-electron chi connectivity index (χ1n) is 13.1. The van der Waals surface area contributed by atoms with Crippen LogP contribution in [0.4, 0.5) is 5.95 Å². The largest absolute Gasteiger partial charge is 0.480 e. The molecular formula is C27H37ClN8O4. The summed E-state index contributed by atoms with van der Waals surface area (Å²) in [4.78, 5) is 33.1. The average molecular weight is 573 g/mol. The number of rotatable bonds is 15. The van der Waals surface area contributed by atoms with Crippen molar-refractivity contribution >= 4 is 29.4 Å². The SMILES string of the molecule is CC(C)(C)N(CCCc1cn(CCCC(=O)NCc2ccc(COc3cc(Cl)nc(N)n3)cc2)nn1)CC(=O)O. The Bertz CT molecular complexity index is 1240. The zero-order valence-electron chi connectivity index (χ0n) is 23.1. The maximum Gasteiger partial charge on any atom is 0.317 e. The number of benzene rings is 1. The number of halogens is 1. The van der Waals surface area contributed by atoms with E-state index < -0.39 is 5.97 Å². The molecule has 1 amide bonds. The van der Waals surface area contributed by atoms with Crippen LogP contribution in [0, 0.1) is 0 Å². The topological polar surface area (TPSA) is 161 Å². The number of carboxylic acid groups (broad SMARTS) is 1. The van der Waals surface area contributed by atoms with Crippen LogP contribution in [0.3, 0.4) is 0 Å². The third kappa shape index (κ3) is 10.8. The summed E-state index contributed by atoms with van der Waals surface area (Å²) >= 11 is 5.86. The highest BCUT2D eigenvalue weighted by molar-refractivity contribution is 6.29. The summed E-state index contributed by atoms with van der Waals surface area (Å²) in [5, 5.41) is 20.7. The van der Waals surface area contributed by atoms with Crippen molar-refractivity contribution in [1.29, 1.82) is 0 Å².